The van der Waals surface area contributed by atoms with Crippen LogP contribution in [-0.2, 0) is 6.54 Å². The average molecular weight is 387 g/mol. The van der Waals surface area contributed by atoms with E-state index < -0.39 is 0 Å². The monoisotopic (exact) mass is 386 g/mol. The molecule has 0 atom stereocenters. The lowest BCUT2D eigenvalue weighted by molar-refractivity contribution is -0.724. The minimum absolute atomic E-state index is 0. The molecule has 2 nitrogen and oxygen atoms in total. The Bertz CT molecular complexity index is 794. The third-order valence-electron chi connectivity index (χ3n) is 4.12. The number of halogens is 1. The van der Waals surface area contributed by atoms with Gasteiger partial charge in [0.25, 0.3) is 0 Å². The molecule has 4 heteroatoms. The van der Waals surface area contributed by atoms with Crippen molar-refractivity contribution in [2.75, 3.05) is 5.75 Å². The van der Waals surface area contributed by atoms with Crippen LogP contribution in [0.3, 0.4) is 0 Å². The lowest BCUT2D eigenvalue weighted by atomic mass is 10.1. The summed E-state index contributed by atoms with van der Waals surface area (Å²) in [7, 11) is 0. The third kappa shape index (κ3) is 3.10. The summed E-state index contributed by atoms with van der Waals surface area (Å²) in [4.78, 5) is 0. The predicted molar refractivity (Wildman–Crippen MR) is 91.5 cm³/mol. The number of benzene rings is 2. The third-order valence-corrected chi connectivity index (χ3v) is 5.29. The van der Waals surface area contributed by atoms with Gasteiger partial charge < -0.3 is 17.0 Å². The number of para-hydroxylation sites is 1. The molecule has 0 unspecified atom stereocenters. The Morgan fingerprint density at radius 2 is 1.74 bits per heavy atom. The second-order valence-corrected chi connectivity index (χ2v) is 6.78. The first-order valence-electron chi connectivity index (χ1n) is 7.73. The number of thioether (sulfide) groups is 1. The largest absolute Gasteiger partial charge is 1.00 e. The average Bonchev–Trinajstić information content (AvgIpc) is 2.96. The molecule has 1 aliphatic rings. The van der Waals surface area contributed by atoms with Gasteiger partial charge in [-0.1, -0.05) is 48.0 Å². The first-order valence-corrected chi connectivity index (χ1v) is 8.72. The van der Waals surface area contributed by atoms with E-state index in [1.807, 2.05) is 11.8 Å². The molecule has 0 bridgehead atoms. The van der Waals surface area contributed by atoms with Crippen LogP contribution in [0.25, 0.3) is 16.9 Å². The Labute approximate surface area is 151 Å². The van der Waals surface area contributed by atoms with E-state index in [0.29, 0.717) is 0 Å². The fraction of sp³-hybridized carbons (Fsp3) is 0.211. The molecule has 0 fully saturated rings. The zero-order valence-corrected chi connectivity index (χ0v) is 15.5. The quantitative estimate of drug-likeness (QED) is 0.601. The summed E-state index contributed by atoms with van der Waals surface area (Å²) in [6, 6.07) is 19.5. The molecule has 2 heterocycles. The normalized spacial score (nSPS) is 13.3. The van der Waals surface area contributed by atoms with Gasteiger partial charge in [0.1, 0.15) is 11.9 Å². The standard InChI is InChI=1S/C19H19N2S.BrH/c1-15-8-10-16(11-9-15)18-14-21(17-6-3-2-4-7-17)19-20(18)12-5-13-22-19;/h2-4,6-11,14H,5,12-13H2,1H3;1H/q+1;/p-1. The highest BCUT2D eigenvalue weighted by molar-refractivity contribution is 7.99. The maximum atomic E-state index is 2.46. The molecule has 1 aliphatic heterocycles. The lowest BCUT2D eigenvalue weighted by Gasteiger charge is -2.10. The molecular formula is C19H19BrN2S. The van der Waals surface area contributed by atoms with Gasteiger partial charge in [-0.3, -0.25) is 0 Å². The van der Waals surface area contributed by atoms with E-state index in [1.54, 1.807) is 0 Å². The smallest absolute Gasteiger partial charge is 0.323 e. The van der Waals surface area contributed by atoms with E-state index in [2.05, 4.69) is 76.9 Å². The van der Waals surface area contributed by atoms with E-state index in [1.165, 1.54) is 39.8 Å². The summed E-state index contributed by atoms with van der Waals surface area (Å²) in [6.07, 6.45) is 3.52. The van der Waals surface area contributed by atoms with Crippen molar-refractivity contribution in [1.82, 2.24) is 4.57 Å². The number of hydrogen-bond acceptors (Lipinski definition) is 1. The van der Waals surface area contributed by atoms with Crippen molar-refractivity contribution >= 4 is 11.8 Å². The number of aryl methyl sites for hydroxylation is 1. The Morgan fingerprint density at radius 3 is 2.48 bits per heavy atom. The minimum atomic E-state index is 0. The minimum Gasteiger partial charge on any atom is -1.00 e. The molecule has 0 saturated carbocycles. The van der Waals surface area contributed by atoms with Crippen molar-refractivity contribution in [3.8, 4) is 16.9 Å². The maximum absolute atomic E-state index is 2.46. The zero-order chi connectivity index (χ0) is 14.9. The SMILES string of the molecule is Cc1ccc(-c2cn(-c3ccccc3)c3[n+]2CCCS3)cc1.[Br-]. The van der Waals surface area contributed by atoms with Crippen molar-refractivity contribution < 1.29 is 21.5 Å². The molecule has 2 aromatic carbocycles. The number of imidazole rings is 1. The van der Waals surface area contributed by atoms with E-state index >= 15 is 0 Å². The van der Waals surface area contributed by atoms with Crippen molar-refractivity contribution in [2.24, 2.45) is 0 Å². The number of aromatic nitrogens is 2. The van der Waals surface area contributed by atoms with E-state index in [-0.39, 0.29) is 17.0 Å². The van der Waals surface area contributed by atoms with Gasteiger partial charge in [-0.15, -0.1) is 0 Å². The first kappa shape index (κ1) is 16.3. The van der Waals surface area contributed by atoms with Crippen LogP contribution in [0, 0.1) is 6.92 Å². The molecule has 3 aromatic rings. The summed E-state index contributed by atoms with van der Waals surface area (Å²) >= 11 is 1.95. The molecule has 0 N–H and O–H groups in total. The highest BCUT2D eigenvalue weighted by atomic mass is 79.9. The summed E-state index contributed by atoms with van der Waals surface area (Å²) in [5.74, 6) is 1.20. The lowest BCUT2D eigenvalue weighted by Crippen LogP contribution is -3.00. The Hall–Kier alpha value is -1.52. The Morgan fingerprint density at radius 1 is 1.00 bits per heavy atom. The Balaban J connectivity index is 0.00000156. The van der Waals surface area contributed by atoms with Crippen molar-refractivity contribution in [3.05, 3.63) is 66.4 Å². The van der Waals surface area contributed by atoms with Gasteiger partial charge in [0, 0.05) is 11.3 Å². The van der Waals surface area contributed by atoms with Crippen molar-refractivity contribution in [2.45, 2.75) is 25.0 Å². The Kier molecular flexibility index (Phi) is 4.93. The molecular weight excluding hydrogens is 368 g/mol. The van der Waals surface area contributed by atoms with Crippen LogP contribution < -0.4 is 21.5 Å². The molecule has 0 spiro atoms. The van der Waals surface area contributed by atoms with Gasteiger partial charge in [-0.05, 0) is 37.2 Å². The van der Waals surface area contributed by atoms with Gasteiger partial charge in [-0.2, -0.15) is 4.57 Å². The molecule has 0 aliphatic carbocycles. The highest BCUT2D eigenvalue weighted by Crippen LogP contribution is 2.28. The van der Waals surface area contributed by atoms with Gasteiger partial charge in [0.15, 0.2) is 5.69 Å². The van der Waals surface area contributed by atoms with Crippen LogP contribution in [0.1, 0.15) is 12.0 Å². The van der Waals surface area contributed by atoms with Crippen LogP contribution in [0.4, 0.5) is 0 Å². The summed E-state index contributed by atoms with van der Waals surface area (Å²) in [6.45, 7) is 3.24. The van der Waals surface area contributed by atoms with Crippen molar-refractivity contribution in [1.29, 1.82) is 0 Å². The molecule has 0 radical (unpaired) electrons. The number of fused-ring (bicyclic) bond motifs is 1. The van der Waals surface area contributed by atoms with Crippen molar-refractivity contribution in [3.63, 3.8) is 0 Å². The van der Waals surface area contributed by atoms with E-state index in [9.17, 15) is 0 Å². The number of rotatable bonds is 2. The molecule has 1 aromatic heterocycles. The number of hydrogen-bond donors (Lipinski definition) is 0. The van der Waals surface area contributed by atoms with Crippen LogP contribution in [0.2, 0.25) is 0 Å². The number of nitrogens with zero attached hydrogens (tertiary/aromatic N) is 2. The van der Waals surface area contributed by atoms with Crippen LogP contribution >= 0.6 is 11.8 Å². The second kappa shape index (κ2) is 6.93. The van der Waals surface area contributed by atoms with Gasteiger partial charge >= 0.3 is 5.16 Å². The van der Waals surface area contributed by atoms with E-state index in [4.69, 9.17) is 0 Å². The van der Waals surface area contributed by atoms with Crippen LogP contribution in [0.5, 0.6) is 0 Å². The van der Waals surface area contributed by atoms with Gasteiger partial charge in [0.2, 0.25) is 0 Å². The molecule has 0 amide bonds. The zero-order valence-electron chi connectivity index (χ0n) is 13.1. The first-order chi connectivity index (χ1) is 10.8. The maximum Gasteiger partial charge on any atom is 0.323 e. The fourth-order valence-corrected chi connectivity index (χ4v) is 4.06. The fourth-order valence-electron chi connectivity index (χ4n) is 2.96. The van der Waals surface area contributed by atoms with Gasteiger partial charge in [0.05, 0.1) is 6.54 Å². The molecule has 4 rings (SSSR count). The molecule has 23 heavy (non-hydrogen) atoms. The molecule has 0 saturated heterocycles. The predicted octanol–water partition coefficient (Wildman–Crippen LogP) is 1.24. The summed E-state index contributed by atoms with van der Waals surface area (Å²) in [5.41, 5.74) is 5.15. The molecule has 118 valence electrons. The van der Waals surface area contributed by atoms with Crippen LogP contribution in [0.15, 0.2) is 66.0 Å². The second-order valence-electron chi connectivity index (χ2n) is 5.72. The summed E-state index contributed by atoms with van der Waals surface area (Å²) < 4.78 is 4.80. The van der Waals surface area contributed by atoms with E-state index in [0.717, 1.165) is 6.54 Å². The highest BCUT2D eigenvalue weighted by Gasteiger charge is 2.28. The topological polar surface area (TPSA) is 8.81 Å². The van der Waals surface area contributed by atoms with Gasteiger partial charge in [-0.25, -0.2) is 4.57 Å². The summed E-state index contributed by atoms with van der Waals surface area (Å²) in [5, 5.41) is 1.34. The van der Waals surface area contributed by atoms with Crippen LogP contribution in [-0.4, -0.2) is 10.3 Å².